The predicted octanol–water partition coefficient (Wildman–Crippen LogP) is 2.15. The molecule has 0 aromatic heterocycles. The smallest absolute Gasteiger partial charge is 0.290 e. The maximum absolute atomic E-state index is 11.9. The number of hydrogen-bond acceptors (Lipinski definition) is 5. The Kier molecular flexibility index (Phi) is 3.76. The maximum atomic E-state index is 11.9. The van der Waals surface area contributed by atoms with Crippen LogP contribution in [0.2, 0.25) is 0 Å². The van der Waals surface area contributed by atoms with Crippen molar-refractivity contribution in [3.8, 4) is 5.75 Å². The van der Waals surface area contributed by atoms with Crippen molar-refractivity contribution in [2.45, 2.75) is 12.3 Å². The van der Waals surface area contributed by atoms with Crippen LogP contribution in [-0.2, 0) is 4.79 Å². The molecule has 18 heavy (non-hydrogen) atoms. The normalized spacial score (nSPS) is 19.2. The van der Waals surface area contributed by atoms with Gasteiger partial charge in [0.1, 0.15) is 5.75 Å². The summed E-state index contributed by atoms with van der Waals surface area (Å²) >= 11 is 1.01. The SMILES string of the molecule is CCN1C(=O)S[C@H](Nc2ccc(OC)cc2)C1=O. The summed E-state index contributed by atoms with van der Waals surface area (Å²) in [5.41, 5.74) is 0.785. The molecular formula is C12H14N2O3S. The zero-order valence-electron chi connectivity index (χ0n) is 10.2. The Hall–Kier alpha value is -1.69. The summed E-state index contributed by atoms with van der Waals surface area (Å²) < 4.78 is 5.05. The van der Waals surface area contributed by atoms with E-state index in [2.05, 4.69) is 5.32 Å². The highest BCUT2D eigenvalue weighted by Crippen LogP contribution is 2.28. The lowest BCUT2D eigenvalue weighted by Crippen LogP contribution is -2.34. The molecule has 1 aromatic rings. The van der Waals surface area contributed by atoms with Gasteiger partial charge < -0.3 is 10.1 Å². The molecule has 0 radical (unpaired) electrons. The van der Waals surface area contributed by atoms with E-state index in [1.54, 1.807) is 26.2 Å². The Morgan fingerprint density at radius 1 is 1.33 bits per heavy atom. The van der Waals surface area contributed by atoms with E-state index in [4.69, 9.17) is 4.74 Å². The Bertz CT molecular complexity index is 461. The number of hydrogen-bond donors (Lipinski definition) is 1. The predicted molar refractivity (Wildman–Crippen MR) is 70.8 cm³/mol. The molecule has 1 atom stereocenters. The first-order chi connectivity index (χ1) is 8.65. The molecule has 1 saturated heterocycles. The minimum absolute atomic E-state index is 0.191. The van der Waals surface area contributed by atoms with Crippen LogP contribution in [-0.4, -0.2) is 35.1 Å². The number of amides is 2. The number of imide groups is 1. The first-order valence-electron chi connectivity index (χ1n) is 5.58. The van der Waals surface area contributed by atoms with Gasteiger partial charge >= 0.3 is 0 Å². The largest absolute Gasteiger partial charge is 0.497 e. The van der Waals surface area contributed by atoms with Gasteiger partial charge in [-0.3, -0.25) is 14.5 Å². The molecule has 1 aromatic carbocycles. The molecule has 1 N–H and O–H groups in total. The van der Waals surface area contributed by atoms with Crippen molar-refractivity contribution in [2.24, 2.45) is 0 Å². The molecule has 0 aliphatic carbocycles. The fourth-order valence-corrected chi connectivity index (χ4v) is 2.63. The molecule has 0 saturated carbocycles. The summed E-state index contributed by atoms with van der Waals surface area (Å²) in [4.78, 5) is 24.6. The van der Waals surface area contributed by atoms with E-state index >= 15 is 0 Å². The maximum Gasteiger partial charge on any atom is 0.290 e. The second-order valence-electron chi connectivity index (χ2n) is 3.72. The fourth-order valence-electron chi connectivity index (χ4n) is 1.66. The minimum Gasteiger partial charge on any atom is -0.497 e. The van der Waals surface area contributed by atoms with Gasteiger partial charge in [-0.05, 0) is 43.0 Å². The van der Waals surface area contributed by atoms with Crippen molar-refractivity contribution in [2.75, 3.05) is 19.0 Å². The molecule has 5 nitrogen and oxygen atoms in total. The standard InChI is InChI=1S/C12H14N2O3S/c1-3-14-11(15)10(18-12(14)16)13-8-4-6-9(17-2)7-5-8/h4-7,10,13H,3H2,1-2H3/t10-/m0/s1. The van der Waals surface area contributed by atoms with E-state index in [-0.39, 0.29) is 11.1 Å². The Labute approximate surface area is 109 Å². The van der Waals surface area contributed by atoms with Crippen LogP contribution >= 0.6 is 11.8 Å². The number of likely N-dealkylation sites (N-methyl/N-ethyl adjacent to an activating group) is 1. The van der Waals surface area contributed by atoms with Gasteiger partial charge in [0.05, 0.1) is 7.11 Å². The van der Waals surface area contributed by atoms with Crippen molar-refractivity contribution < 1.29 is 14.3 Å². The average molecular weight is 266 g/mol. The summed E-state index contributed by atoms with van der Waals surface area (Å²) in [5.74, 6) is 0.556. The van der Waals surface area contributed by atoms with Crippen LogP contribution in [0, 0.1) is 0 Å². The molecule has 1 fully saturated rings. The number of carbonyl (C=O) groups excluding carboxylic acids is 2. The minimum atomic E-state index is -0.536. The van der Waals surface area contributed by atoms with Gasteiger partial charge in [0, 0.05) is 12.2 Å². The number of methoxy groups -OCH3 is 1. The number of ether oxygens (including phenoxy) is 1. The molecule has 96 valence electrons. The quantitative estimate of drug-likeness (QED) is 0.905. The Morgan fingerprint density at radius 2 is 2.00 bits per heavy atom. The number of benzene rings is 1. The lowest BCUT2D eigenvalue weighted by atomic mass is 10.3. The summed E-state index contributed by atoms with van der Waals surface area (Å²) in [5, 5.41) is 2.30. The first-order valence-corrected chi connectivity index (χ1v) is 6.46. The van der Waals surface area contributed by atoms with E-state index in [1.165, 1.54) is 4.90 Å². The molecule has 6 heteroatoms. The third-order valence-electron chi connectivity index (χ3n) is 2.63. The molecule has 0 unspecified atom stereocenters. The molecule has 0 bridgehead atoms. The van der Waals surface area contributed by atoms with Crippen LogP contribution in [0.15, 0.2) is 24.3 Å². The summed E-state index contributed by atoms with van der Waals surface area (Å²) in [6.07, 6.45) is 0. The molecule has 2 amide bonds. The second kappa shape index (κ2) is 5.30. The van der Waals surface area contributed by atoms with E-state index in [9.17, 15) is 9.59 Å². The molecule has 1 heterocycles. The first kappa shape index (κ1) is 12.8. The van der Waals surface area contributed by atoms with Crippen LogP contribution in [0.1, 0.15) is 6.92 Å². The highest BCUT2D eigenvalue weighted by molar-refractivity contribution is 8.15. The number of carbonyl (C=O) groups is 2. The zero-order valence-corrected chi connectivity index (χ0v) is 11.0. The highest BCUT2D eigenvalue weighted by Gasteiger charge is 2.38. The van der Waals surface area contributed by atoms with Crippen molar-refractivity contribution in [1.29, 1.82) is 0 Å². The van der Waals surface area contributed by atoms with E-state index in [0.717, 1.165) is 23.2 Å². The third kappa shape index (κ3) is 2.43. The lowest BCUT2D eigenvalue weighted by Gasteiger charge is -2.13. The number of nitrogens with one attached hydrogen (secondary N) is 1. The summed E-state index contributed by atoms with van der Waals surface area (Å²) in [6, 6.07) is 7.22. The van der Waals surface area contributed by atoms with Gasteiger partial charge in [-0.25, -0.2) is 0 Å². The third-order valence-corrected chi connectivity index (χ3v) is 3.61. The van der Waals surface area contributed by atoms with Gasteiger partial charge in [-0.15, -0.1) is 0 Å². The van der Waals surface area contributed by atoms with Crippen LogP contribution in [0.5, 0.6) is 5.75 Å². The summed E-state index contributed by atoms with van der Waals surface area (Å²) in [7, 11) is 1.59. The number of thioether (sulfide) groups is 1. The Balaban J connectivity index is 2.05. The Morgan fingerprint density at radius 3 is 2.50 bits per heavy atom. The average Bonchev–Trinajstić information content (AvgIpc) is 2.65. The number of nitrogens with zero attached hydrogens (tertiary/aromatic N) is 1. The van der Waals surface area contributed by atoms with Crippen molar-refractivity contribution in [1.82, 2.24) is 4.90 Å². The number of anilines is 1. The van der Waals surface area contributed by atoms with E-state index < -0.39 is 5.37 Å². The van der Waals surface area contributed by atoms with Crippen LogP contribution in [0.25, 0.3) is 0 Å². The summed E-state index contributed by atoms with van der Waals surface area (Å²) in [6.45, 7) is 2.19. The lowest BCUT2D eigenvalue weighted by molar-refractivity contribution is -0.126. The monoisotopic (exact) mass is 266 g/mol. The molecule has 2 rings (SSSR count). The topological polar surface area (TPSA) is 58.6 Å². The molecular weight excluding hydrogens is 252 g/mol. The highest BCUT2D eigenvalue weighted by atomic mass is 32.2. The molecule has 0 spiro atoms. The van der Waals surface area contributed by atoms with Gasteiger partial charge in [0.25, 0.3) is 11.1 Å². The van der Waals surface area contributed by atoms with Gasteiger partial charge in [-0.2, -0.15) is 0 Å². The van der Waals surface area contributed by atoms with E-state index in [0.29, 0.717) is 6.54 Å². The molecule has 1 aliphatic rings. The molecule has 1 aliphatic heterocycles. The zero-order chi connectivity index (χ0) is 13.1. The second-order valence-corrected chi connectivity index (χ2v) is 4.78. The van der Waals surface area contributed by atoms with Gasteiger partial charge in [0.2, 0.25) is 0 Å². The van der Waals surface area contributed by atoms with Crippen LogP contribution < -0.4 is 10.1 Å². The van der Waals surface area contributed by atoms with Gasteiger partial charge in [0.15, 0.2) is 5.37 Å². The van der Waals surface area contributed by atoms with Crippen molar-refractivity contribution in [3.63, 3.8) is 0 Å². The van der Waals surface area contributed by atoms with E-state index in [1.807, 2.05) is 12.1 Å². The fraction of sp³-hybridized carbons (Fsp3) is 0.333. The van der Waals surface area contributed by atoms with Gasteiger partial charge in [-0.1, -0.05) is 0 Å². The number of rotatable bonds is 4. The van der Waals surface area contributed by atoms with Crippen LogP contribution in [0.4, 0.5) is 10.5 Å². The van der Waals surface area contributed by atoms with Crippen molar-refractivity contribution >= 4 is 28.6 Å². The van der Waals surface area contributed by atoms with Crippen LogP contribution in [0.3, 0.4) is 0 Å². The van der Waals surface area contributed by atoms with Crippen molar-refractivity contribution in [3.05, 3.63) is 24.3 Å².